The number of nitrogens with one attached hydrogen (secondary N) is 1. The van der Waals surface area contributed by atoms with Gasteiger partial charge in [-0.2, -0.15) is 0 Å². The van der Waals surface area contributed by atoms with Gasteiger partial charge in [0.2, 0.25) is 5.91 Å². The molecule has 1 aromatic carbocycles. The van der Waals surface area contributed by atoms with E-state index < -0.39 is 0 Å². The van der Waals surface area contributed by atoms with Gasteiger partial charge in [-0.15, -0.1) is 0 Å². The van der Waals surface area contributed by atoms with Crippen LogP contribution < -0.4 is 5.32 Å². The Labute approximate surface area is 90.6 Å². The highest BCUT2D eigenvalue weighted by molar-refractivity contribution is 9.10. The van der Waals surface area contributed by atoms with Crippen molar-refractivity contribution in [2.24, 2.45) is 0 Å². The molecule has 4 heteroatoms. The minimum absolute atomic E-state index is 0.158. The average molecular weight is 260 g/mol. The maximum absolute atomic E-state index is 13.2. The molecule has 1 amide bonds. The van der Waals surface area contributed by atoms with Gasteiger partial charge in [0.15, 0.2) is 0 Å². The first-order chi connectivity index (χ1) is 6.43. The van der Waals surface area contributed by atoms with E-state index in [2.05, 4.69) is 21.2 Å². The Balaban J connectivity index is 3.29. The fourth-order valence-electron chi connectivity index (χ4n) is 1.28. The van der Waals surface area contributed by atoms with Crippen LogP contribution in [0.1, 0.15) is 18.1 Å². The zero-order valence-electron chi connectivity index (χ0n) is 8.24. The van der Waals surface area contributed by atoms with Gasteiger partial charge in [0.1, 0.15) is 5.82 Å². The number of rotatable bonds is 1. The van der Waals surface area contributed by atoms with Crippen LogP contribution in [0.5, 0.6) is 0 Å². The van der Waals surface area contributed by atoms with E-state index in [4.69, 9.17) is 0 Å². The van der Waals surface area contributed by atoms with E-state index in [0.717, 1.165) is 5.56 Å². The van der Waals surface area contributed by atoms with Gasteiger partial charge >= 0.3 is 0 Å². The molecule has 1 rings (SSSR count). The first-order valence-corrected chi connectivity index (χ1v) is 4.95. The zero-order valence-corrected chi connectivity index (χ0v) is 9.83. The highest BCUT2D eigenvalue weighted by atomic mass is 79.9. The van der Waals surface area contributed by atoms with Crippen LogP contribution in [0.2, 0.25) is 0 Å². The van der Waals surface area contributed by atoms with Crippen LogP contribution in [0.3, 0.4) is 0 Å². The molecule has 0 unspecified atom stereocenters. The fraction of sp³-hybridized carbons (Fsp3) is 0.300. The molecule has 0 aliphatic heterocycles. The van der Waals surface area contributed by atoms with E-state index in [1.165, 1.54) is 13.0 Å². The predicted molar refractivity (Wildman–Crippen MR) is 57.9 cm³/mol. The van der Waals surface area contributed by atoms with Crippen molar-refractivity contribution in [3.8, 4) is 0 Å². The van der Waals surface area contributed by atoms with Gasteiger partial charge in [0, 0.05) is 12.6 Å². The number of anilines is 1. The molecule has 0 aromatic heterocycles. The number of hydrogen-bond acceptors (Lipinski definition) is 1. The van der Waals surface area contributed by atoms with Crippen LogP contribution in [0, 0.1) is 19.7 Å². The maximum Gasteiger partial charge on any atom is 0.221 e. The second-order valence-corrected chi connectivity index (χ2v) is 3.96. The third kappa shape index (κ3) is 2.12. The summed E-state index contributed by atoms with van der Waals surface area (Å²) in [6.07, 6.45) is 0. The molecule has 0 heterocycles. The second-order valence-electron chi connectivity index (χ2n) is 3.17. The molecular formula is C10H11BrFNO. The van der Waals surface area contributed by atoms with Crippen molar-refractivity contribution < 1.29 is 9.18 Å². The average Bonchev–Trinajstić information content (AvgIpc) is 2.09. The molecule has 14 heavy (non-hydrogen) atoms. The van der Waals surface area contributed by atoms with Crippen LogP contribution in [0.25, 0.3) is 0 Å². The zero-order chi connectivity index (χ0) is 10.9. The van der Waals surface area contributed by atoms with E-state index in [9.17, 15) is 9.18 Å². The Hall–Kier alpha value is -0.900. The van der Waals surface area contributed by atoms with Gasteiger partial charge < -0.3 is 5.32 Å². The summed E-state index contributed by atoms with van der Waals surface area (Å²) >= 11 is 3.13. The third-order valence-electron chi connectivity index (χ3n) is 1.95. The first-order valence-electron chi connectivity index (χ1n) is 4.16. The molecule has 76 valence electrons. The number of benzene rings is 1. The number of aryl methyl sites for hydroxylation is 1. The van der Waals surface area contributed by atoms with Gasteiger partial charge in [-0.3, -0.25) is 4.79 Å². The van der Waals surface area contributed by atoms with E-state index in [-0.39, 0.29) is 11.7 Å². The summed E-state index contributed by atoms with van der Waals surface area (Å²) in [6.45, 7) is 4.94. The maximum atomic E-state index is 13.2. The predicted octanol–water partition coefficient (Wildman–Crippen LogP) is 3.16. The fourth-order valence-corrected chi connectivity index (χ4v) is 1.59. The third-order valence-corrected chi connectivity index (χ3v) is 2.93. The Morgan fingerprint density at radius 3 is 2.57 bits per heavy atom. The monoisotopic (exact) mass is 259 g/mol. The molecule has 0 aliphatic carbocycles. The molecule has 0 bridgehead atoms. The van der Waals surface area contributed by atoms with E-state index in [0.29, 0.717) is 15.7 Å². The van der Waals surface area contributed by atoms with Gasteiger partial charge in [0.05, 0.1) is 4.47 Å². The molecule has 0 aliphatic rings. The molecule has 0 atom stereocenters. The quantitative estimate of drug-likeness (QED) is 0.825. The molecule has 0 radical (unpaired) electrons. The minimum Gasteiger partial charge on any atom is -0.326 e. The largest absolute Gasteiger partial charge is 0.326 e. The Bertz CT molecular complexity index is 390. The number of amides is 1. The minimum atomic E-state index is -0.311. The van der Waals surface area contributed by atoms with Crippen molar-refractivity contribution in [1.29, 1.82) is 0 Å². The number of carbonyl (C=O) groups excluding carboxylic acids is 1. The molecular weight excluding hydrogens is 249 g/mol. The van der Waals surface area contributed by atoms with E-state index in [1.807, 2.05) is 0 Å². The van der Waals surface area contributed by atoms with E-state index in [1.54, 1.807) is 13.8 Å². The van der Waals surface area contributed by atoms with Crippen LogP contribution >= 0.6 is 15.9 Å². The van der Waals surface area contributed by atoms with Crippen LogP contribution in [0.4, 0.5) is 10.1 Å². The molecule has 0 saturated heterocycles. The molecule has 0 saturated carbocycles. The topological polar surface area (TPSA) is 29.1 Å². The highest BCUT2D eigenvalue weighted by Gasteiger charge is 2.11. The van der Waals surface area contributed by atoms with Crippen molar-refractivity contribution in [2.75, 3.05) is 5.32 Å². The summed E-state index contributed by atoms with van der Waals surface area (Å²) in [4.78, 5) is 10.9. The molecule has 1 N–H and O–H groups in total. The van der Waals surface area contributed by atoms with Crippen molar-refractivity contribution in [3.63, 3.8) is 0 Å². The lowest BCUT2D eigenvalue weighted by Crippen LogP contribution is -2.09. The van der Waals surface area contributed by atoms with Crippen molar-refractivity contribution in [2.45, 2.75) is 20.8 Å². The standard InChI is InChI=1S/C10H11BrFNO/c1-5-4-8(12)9(11)6(2)10(5)13-7(3)14/h4H,1-3H3,(H,13,14). The van der Waals surface area contributed by atoms with Crippen molar-refractivity contribution in [1.82, 2.24) is 0 Å². The number of carbonyl (C=O) groups is 1. The lowest BCUT2D eigenvalue weighted by atomic mass is 10.1. The molecule has 1 aromatic rings. The Kier molecular flexibility index (Phi) is 3.26. The lowest BCUT2D eigenvalue weighted by Gasteiger charge is -2.12. The number of halogens is 2. The molecule has 0 fully saturated rings. The summed E-state index contributed by atoms with van der Waals surface area (Å²) in [5, 5.41) is 2.67. The molecule has 0 spiro atoms. The van der Waals surface area contributed by atoms with Gasteiger partial charge in [0.25, 0.3) is 0 Å². The normalized spacial score (nSPS) is 10.1. The SMILES string of the molecule is CC(=O)Nc1c(C)cc(F)c(Br)c1C. The van der Waals surface area contributed by atoms with Gasteiger partial charge in [-0.05, 0) is 47.0 Å². The van der Waals surface area contributed by atoms with E-state index >= 15 is 0 Å². The first kappa shape index (κ1) is 11.2. The summed E-state index contributed by atoms with van der Waals surface area (Å²) < 4.78 is 13.6. The summed E-state index contributed by atoms with van der Waals surface area (Å²) in [7, 11) is 0. The van der Waals surface area contributed by atoms with Crippen molar-refractivity contribution in [3.05, 3.63) is 27.5 Å². The summed E-state index contributed by atoms with van der Waals surface area (Å²) in [5.74, 6) is -0.469. The van der Waals surface area contributed by atoms with Gasteiger partial charge in [-0.25, -0.2) is 4.39 Å². The van der Waals surface area contributed by atoms with Crippen LogP contribution in [-0.4, -0.2) is 5.91 Å². The number of hydrogen-bond donors (Lipinski definition) is 1. The summed E-state index contributed by atoms with van der Waals surface area (Å²) in [5.41, 5.74) is 2.10. The Morgan fingerprint density at radius 2 is 2.07 bits per heavy atom. The lowest BCUT2D eigenvalue weighted by molar-refractivity contribution is -0.114. The van der Waals surface area contributed by atoms with Crippen LogP contribution in [0.15, 0.2) is 10.5 Å². The second kappa shape index (κ2) is 4.09. The highest BCUT2D eigenvalue weighted by Crippen LogP contribution is 2.30. The van der Waals surface area contributed by atoms with Gasteiger partial charge in [-0.1, -0.05) is 0 Å². The molecule has 2 nitrogen and oxygen atoms in total. The smallest absolute Gasteiger partial charge is 0.221 e. The van der Waals surface area contributed by atoms with Crippen LogP contribution in [-0.2, 0) is 4.79 Å². The Morgan fingerprint density at radius 1 is 1.50 bits per heavy atom. The van der Waals surface area contributed by atoms with Crippen molar-refractivity contribution >= 4 is 27.5 Å². The summed E-state index contributed by atoms with van der Waals surface area (Å²) in [6, 6.07) is 1.39.